The van der Waals surface area contributed by atoms with Gasteiger partial charge in [0.25, 0.3) is 5.91 Å². The lowest BCUT2D eigenvalue weighted by Crippen LogP contribution is -2.30. The minimum Gasteiger partial charge on any atom is -0.327 e. The molecule has 3 aromatic carbocycles. The van der Waals surface area contributed by atoms with Crippen molar-refractivity contribution >= 4 is 45.8 Å². The molecular weight excluding hydrogens is 328 g/mol. The van der Waals surface area contributed by atoms with Crippen LogP contribution in [0, 0.1) is 6.92 Å². The fourth-order valence-electron chi connectivity index (χ4n) is 3.07. The molecule has 3 aromatic rings. The van der Waals surface area contributed by atoms with E-state index in [-0.39, 0.29) is 5.91 Å². The SMILES string of the molecule is Cc1cccc(N2C(=O)/C(=C\c3cccc4ccccc34)NC2=S)c1. The van der Waals surface area contributed by atoms with Crippen LogP contribution in [0.2, 0.25) is 0 Å². The molecule has 1 aliphatic heterocycles. The highest BCUT2D eigenvalue weighted by molar-refractivity contribution is 7.80. The van der Waals surface area contributed by atoms with Crippen molar-refractivity contribution in [2.45, 2.75) is 6.92 Å². The van der Waals surface area contributed by atoms with Crippen LogP contribution in [-0.4, -0.2) is 11.0 Å². The number of nitrogens with one attached hydrogen (secondary N) is 1. The van der Waals surface area contributed by atoms with E-state index in [2.05, 4.69) is 23.5 Å². The smallest absolute Gasteiger partial charge is 0.281 e. The van der Waals surface area contributed by atoms with Gasteiger partial charge in [0.05, 0.1) is 5.69 Å². The van der Waals surface area contributed by atoms with E-state index < -0.39 is 0 Å². The first-order valence-corrected chi connectivity index (χ1v) is 8.46. The van der Waals surface area contributed by atoms with Gasteiger partial charge in [-0.05, 0) is 59.2 Å². The maximum absolute atomic E-state index is 12.9. The van der Waals surface area contributed by atoms with Crippen LogP contribution >= 0.6 is 12.2 Å². The molecule has 1 N–H and O–H groups in total. The summed E-state index contributed by atoms with van der Waals surface area (Å²) in [6, 6.07) is 21.9. The lowest BCUT2D eigenvalue weighted by Gasteiger charge is -2.14. The van der Waals surface area contributed by atoms with Gasteiger partial charge in [-0.25, -0.2) is 0 Å². The Labute approximate surface area is 151 Å². The molecule has 1 heterocycles. The summed E-state index contributed by atoms with van der Waals surface area (Å²) in [5.41, 5.74) is 3.34. The first-order valence-electron chi connectivity index (χ1n) is 8.05. The van der Waals surface area contributed by atoms with E-state index in [1.54, 1.807) is 4.90 Å². The highest BCUT2D eigenvalue weighted by Gasteiger charge is 2.32. The number of benzene rings is 3. The molecule has 0 aromatic heterocycles. The van der Waals surface area contributed by atoms with Gasteiger partial charge in [0.15, 0.2) is 5.11 Å². The fraction of sp³-hybridized carbons (Fsp3) is 0.0476. The Morgan fingerprint density at radius 2 is 1.76 bits per heavy atom. The van der Waals surface area contributed by atoms with Crippen molar-refractivity contribution in [3.05, 3.63) is 83.6 Å². The average Bonchev–Trinajstić information content (AvgIpc) is 2.89. The zero-order valence-electron chi connectivity index (χ0n) is 13.7. The van der Waals surface area contributed by atoms with Crippen LogP contribution < -0.4 is 10.2 Å². The standard InChI is InChI=1S/C21H16N2OS/c1-14-6-4-10-17(12-14)23-20(24)19(22-21(23)25)13-16-9-5-8-15-7-2-3-11-18(15)16/h2-13H,1H3,(H,22,25)/b19-13+. The van der Waals surface area contributed by atoms with Gasteiger partial charge in [0.2, 0.25) is 0 Å². The second-order valence-electron chi connectivity index (χ2n) is 6.04. The molecule has 3 nitrogen and oxygen atoms in total. The Balaban J connectivity index is 1.75. The van der Waals surface area contributed by atoms with E-state index in [1.165, 1.54) is 0 Å². The maximum Gasteiger partial charge on any atom is 0.281 e. The van der Waals surface area contributed by atoms with E-state index in [4.69, 9.17) is 12.2 Å². The van der Waals surface area contributed by atoms with Crippen molar-refractivity contribution in [2.75, 3.05) is 4.90 Å². The predicted octanol–water partition coefficient (Wildman–Crippen LogP) is 4.41. The molecule has 1 fully saturated rings. The van der Waals surface area contributed by atoms with Gasteiger partial charge in [-0.2, -0.15) is 0 Å². The zero-order valence-corrected chi connectivity index (χ0v) is 14.5. The number of hydrogen-bond acceptors (Lipinski definition) is 2. The highest BCUT2D eigenvalue weighted by atomic mass is 32.1. The van der Waals surface area contributed by atoms with Gasteiger partial charge in [0, 0.05) is 0 Å². The molecule has 4 heteroatoms. The van der Waals surface area contributed by atoms with E-state index in [0.29, 0.717) is 10.8 Å². The molecule has 0 unspecified atom stereocenters. The molecule has 25 heavy (non-hydrogen) atoms. The number of aryl methyl sites for hydroxylation is 1. The number of rotatable bonds is 2. The Hall–Kier alpha value is -2.98. The molecule has 0 atom stereocenters. The van der Waals surface area contributed by atoms with Crippen molar-refractivity contribution in [1.82, 2.24) is 5.32 Å². The predicted molar refractivity (Wildman–Crippen MR) is 106 cm³/mol. The van der Waals surface area contributed by atoms with Gasteiger partial charge in [-0.1, -0.05) is 54.6 Å². The van der Waals surface area contributed by atoms with Crippen LogP contribution in [0.5, 0.6) is 0 Å². The summed E-state index contributed by atoms with van der Waals surface area (Å²) < 4.78 is 0. The lowest BCUT2D eigenvalue weighted by molar-refractivity contribution is -0.113. The van der Waals surface area contributed by atoms with E-state index >= 15 is 0 Å². The summed E-state index contributed by atoms with van der Waals surface area (Å²) in [6.45, 7) is 1.99. The van der Waals surface area contributed by atoms with Crippen molar-refractivity contribution in [2.24, 2.45) is 0 Å². The first-order chi connectivity index (χ1) is 12.1. The largest absolute Gasteiger partial charge is 0.327 e. The molecule has 1 amide bonds. The number of hydrogen-bond donors (Lipinski definition) is 1. The minimum absolute atomic E-state index is 0.136. The van der Waals surface area contributed by atoms with Gasteiger partial charge in [0.1, 0.15) is 5.70 Å². The van der Waals surface area contributed by atoms with Crippen molar-refractivity contribution in [3.63, 3.8) is 0 Å². The van der Waals surface area contributed by atoms with E-state index in [0.717, 1.165) is 27.6 Å². The summed E-state index contributed by atoms with van der Waals surface area (Å²) in [5.74, 6) is -0.136. The third kappa shape index (κ3) is 2.81. The Bertz CT molecular complexity index is 1030. The molecule has 0 spiro atoms. The number of carbonyl (C=O) groups is 1. The summed E-state index contributed by atoms with van der Waals surface area (Å²) in [6.07, 6.45) is 1.87. The molecule has 0 aliphatic carbocycles. The number of nitrogens with zero attached hydrogens (tertiary/aromatic N) is 1. The minimum atomic E-state index is -0.136. The van der Waals surface area contributed by atoms with Crippen LogP contribution in [0.15, 0.2) is 72.4 Å². The van der Waals surface area contributed by atoms with Gasteiger partial charge < -0.3 is 5.32 Å². The molecule has 122 valence electrons. The molecule has 0 bridgehead atoms. The molecule has 0 radical (unpaired) electrons. The van der Waals surface area contributed by atoms with Crippen molar-refractivity contribution in [1.29, 1.82) is 0 Å². The lowest BCUT2D eigenvalue weighted by atomic mass is 10.0. The van der Waals surface area contributed by atoms with Crippen LogP contribution in [0.1, 0.15) is 11.1 Å². The first kappa shape index (κ1) is 15.5. The number of amides is 1. The third-order valence-electron chi connectivity index (χ3n) is 4.26. The number of thiocarbonyl (C=S) groups is 1. The summed E-state index contributed by atoms with van der Waals surface area (Å²) in [4.78, 5) is 14.4. The van der Waals surface area contributed by atoms with Crippen molar-refractivity contribution < 1.29 is 4.79 Å². The van der Waals surface area contributed by atoms with Crippen LogP contribution in [0.25, 0.3) is 16.8 Å². The Kier molecular flexibility index (Phi) is 3.82. The Morgan fingerprint density at radius 1 is 1.00 bits per heavy atom. The summed E-state index contributed by atoms with van der Waals surface area (Å²) in [5, 5.41) is 5.70. The topological polar surface area (TPSA) is 32.3 Å². The normalized spacial score (nSPS) is 15.9. The third-order valence-corrected chi connectivity index (χ3v) is 4.55. The molecule has 1 saturated heterocycles. The monoisotopic (exact) mass is 344 g/mol. The van der Waals surface area contributed by atoms with E-state index in [9.17, 15) is 4.79 Å². The number of carbonyl (C=O) groups excluding carboxylic acids is 1. The maximum atomic E-state index is 12.9. The van der Waals surface area contributed by atoms with Crippen LogP contribution in [0.4, 0.5) is 5.69 Å². The highest BCUT2D eigenvalue weighted by Crippen LogP contribution is 2.25. The molecule has 4 rings (SSSR count). The number of anilines is 1. The van der Waals surface area contributed by atoms with Gasteiger partial charge in [-0.3, -0.25) is 9.69 Å². The molecular formula is C21H16N2OS. The molecule has 1 aliphatic rings. The average molecular weight is 344 g/mol. The van der Waals surface area contributed by atoms with E-state index in [1.807, 2.05) is 61.5 Å². The van der Waals surface area contributed by atoms with Gasteiger partial charge in [-0.15, -0.1) is 0 Å². The number of fused-ring (bicyclic) bond motifs is 1. The quantitative estimate of drug-likeness (QED) is 0.552. The second kappa shape index (κ2) is 6.15. The second-order valence-corrected chi connectivity index (χ2v) is 6.42. The zero-order chi connectivity index (χ0) is 17.4. The van der Waals surface area contributed by atoms with Crippen molar-refractivity contribution in [3.8, 4) is 0 Å². The van der Waals surface area contributed by atoms with Crippen LogP contribution in [-0.2, 0) is 4.79 Å². The fourth-order valence-corrected chi connectivity index (χ4v) is 3.37. The van der Waals surface area contributed by atoms with Crippen LogP contribution in [0.3, 0.4) is 0 Å². The summed E-state index contributed by atoms with van der Waals surface area (Å²) in [7, 11) is 0. The summed E-state index contributed by atoms with van der Waals surface area (Å²) >= 11 is 5.39. The Morgan fingerprint density at radius 3 is 2.60 bits per heavy atom. The molecule has 0 saturated carbocycles. The van der Waals surface area contributed by atoms with Gasteiger partial charge >= 0.3 is 0 Å².